The summed E-state index contributed by atoms with van der Waals surface area (Å²) in [5, 5.41) is 19.9. The van der Waals surface area contributed by atoms with Crippen LogP contribution in [0.25, 0.3) is 0 Å². The lowest BCUT2D eigenvalue weighted by Gasteiger charge is -2.43. The molecule has 2 N–H and O–H groups in total. The van der Waals surface area contributed by atoms with Gasteiger partial charge in [-0.25, -0.2) is 0 Å². The van der Waals surface area contributed by atoms with Crippen molar-refractivity contribution in [2.45, 2.75) is 71.3 Å². The van der Waals surface area contributed by atoms with E-state index in [0.717, 1.165) is 25.7 Å². The predicted octanol–water partition coefficient (Wildman–Crippen LogP) is 3.21. The van der Waals surface area contributed by atoms with E-state index in [1.54, 1.807) is 0 Å². The molecule has 3 heteroatoms. The first-order chi connectivity index (χ1) is 7.81. The molecule has 0 amide bonds. The number of carboxylic acid groups (broad SMARTS) is 1. The third kappa shape index (κ3) is 3.70. The molecule has 3 nitrogen and oxygen atoms in total. The molecule has 1 aliphatic carbocycles. The van der Waals surface area contributed by atoms with Crippen LogP contribution in [0.15, 0.2) is 0 Å². The van der Waals surface area contributed by atoms with Crippen LogP contribution in [0.1, 0.15) is 65.7 Å². The lowest BCUT2D eigenvalue weighted by atomic mass is 9.66. The standard InChI is InChI=1S/C14H26O3/c1-4-5-6-11(12(15)16)14(17)9-7-13(2,3)8-10-14/h11,17H,4-10H2,1-3H3,(H,15,16). The number of carboxylic acids is 1. The fourth-order valence-electron chi connectivity index (χ4n) is 2.74. The molecule has 0 heterocycles. The Morgan fingerprint density at radius 2 is 1.76 bits per heavy atom. The molecule has 1 atom stereocenters. The van der Waals surface area contributed by atoms with Crippen molar-refractivity contribution in [3.05, 3.63) is 0 Å². The SMILES string of the molecule is CCCCC(C(=O)O)C1(O)CCC(C)(C)CC1. The molecule has 0 aliphatic heterocycles. The van der Waals surface area contributed by atoms with Crippen LogP contribution in [0.5, 0.6) is 0 Å². The summed E-state index contributed by atoms with van der Waals surface area (Å²) in [5.74, 6) is -1.42. The number of carbonyl (C=O) groups is 1. The number of aliphatic hydroxyl groups is 1. The highest BCUT2D eigenvalue weighted by Gasteiger charge is 2.45. The first kappa shape index (κ1) is 14.5. The second-order valence-corrected chi connectivity index (χ2v) is 6.30. The van der Waals surface area contributed by atoms with Crippen molar-refractivity contribution in [1.82, 2.24) is 0 Å². The monoisotopic (exact) mass is 242 g/mol. The number of unbranched alkanes of at least 4 members (excludes halogenated alkanes) is 1. The molecule has 0 radical (unpaired) electrons. The molecule has 100 valence electrons. The maximum atomic E-state index is 11.3. The Balaban J connectivity index is 2.69. The summed E-state index contributed by atoms with van der Waals surface area (Å²) >= 11 is 0. The van der Waals surface area contributed by atoms with E-state index in [0.29, 0.717) is 19.3 Å². The van der Waals surface area contributed by atoms with Crippen LogP contribution >= 0.6 is 0 Å². The van der Waals surface area contributed by atoms with Gasteiger partial charge in [-0.05, 0) is 37.5 Å². The maximum absolute atomic E-state index is 11.3. The fraction of sp³-hybridized carbons (Fsp3) is 0.929. The highest BCUT2D eigenvalue weighted by molar-refractivity contribution is 5.71. The summed E-state index contributed by atoms with van der Waals surface area (Å²) in [6.07, 6.45) is 5.54. The minimum Gasteiger partial charge on any atom is -0.481 e. The smallest absolute Gasteiger partial charge is 0.309 e. The van der Waals surface area contributed by atoms with E-state index in [1.165, 1.54) is 0 Å². The molecule has 1 fully saturated rings. The second kappa shape index (κ2) is 5.38. The Morgan fingerprint density at radius 1 is 1.24 bits per heavy atom. The van der Waals surface area contributed by atoms with Gasteiger partial charge in [0.15, 0.2) is 0 Å². The van der Waals surface area contributed by atoms with Gasteiger partial charge in [-0.3, -0.25) is 4.79 Å². The van der Waals surface area contributed by atoms with Gasteiger partial charge in [0.1, 0.15) is 0 Å². The third-order valence-corrected chi connectivity index (χ3v) is 4.26. The maximum Gasteiger partial charge on any atom is 0.309 e. The zero-order chi connectivity index (χ0) is 13.1. The highest BCUT2D eigenvalue weighted by atomic mass is 16.4. The molecule has 0 aromatic rings. The summed E-state index contributed by atoms with van der Waals surface area (Å²) in [5.41, 5.74) is -0.726. The van der Waals surface area contributed by atoms with Crippen LogP contribution in [-0.4, -0.2) is 21.8 Å². The van der Waals surface area contributed by atoms with Crippen molar-refractivity contribution >= 4 is 5.97 Å². The summed E-state index contributed by atoms with van der Waals surface area (Å²) in [7, 11) is 0. The lowest BCUT2D eigenvalue weighted by Crippen LogP contribution is -2.46. The van der Waals surface area contributed by atoms with E-state index in [9.17, 15) is 15.0 Å². The van der Waals surface area contributed by atoms with Crippen molar-refractivity contribution in [1.29, 1.82) is 0 Å². The molecule has 0 aromatic carbocycles. The van der Waals surface area contributed by atoms with Crippen molar-refractivity contribution < 1.29 is 15.0 Å². The molecule has 0 saturated heterocycles. The zero-order valence-electron chi connectivity index (χ0n) is 11.3. The minimum absolute atomic E-state index is 0.250. The zero-order valence-corrected chi connectivity index (χ0v) is 11.3. The van der Waals surface area contributed by atoms with Crippen LogP contribution in [0, 0.1) is 11.3 Å². The molecule has 17 heavy (non-hydrogen) atoms. The first-order valence-electron chi connectivity index (χ1n) is 6.76. The van der Waals surface area contributed by atoms with E-state index in [-0.39, 0.29) is 5.41 Å². The number of hydrogen-bond acceptors (Lipinski definition) is 2. The van der Waals surface area contributed by atoms with Gasteiger partial charge in [0.2, 0.25) is 0 Å². The quantitative estimate of drug-likeness (QED) is 0.778. The van der Waals surface area contributed by atoms with Gasteiger partial charge in [0.05, 0.1) is 11.5 Å². The van der Waals surface area contributed by atoms with Gasteiger partial charge in [0.25, 0.3) is 0 Å². The number of hydrogen-bond donors (Lipinski definition) is 2. The number of rotatable bonds is 5. The topological polar surface area (TPSA) is 57.5 Å². The Labute approximate surface area is 104 Å². The van der Waals surface area contributed by atoms with Crippen molar-refractivity contribution in [3.8, 4) is 0 Å². The Bertz CT molecular complexity index is 261. The van der Waals surface area contributed by atoms with Gasteiger partial charge >= 0.3 is 5.97 Å². The molecule has 0 spiro atoms. The average molecular weight is 242 g/mol. The molecule has 1 aliphatic rings. The first-order valence-corrected chi connectivity index (χ1v) is 6.76. The second-order valence-electron chi connectivity index (χ2n) is 6.30. The van der Waals surface area contributed by atoms with Gasteiger partial charge < -0.3 is 10.2 Å². The van der Waals surface area contributed by atoms with Crippen molar-refractivity contribution in [3.63, 3.8) is 0 Å². The Morgan fingerprint density at radius 3 is 2.18 bits per heavy atom. The largest absolute Gasteiger partial charge is 0.481 e. The molecular formula is C14H26O3. The fourth-order valence-corrected chi connectivity index (χ4v) is 2.74. The Hall–Kier alpha value is -0.570. The molecule has 1 unspecified atom stereocenters. The van der Waals surface area contributed by atoms with E-state index in [4.69, 9.17) is 0 Å². The third-order valence-electron chi connectivity index (χ3n) is 4.26. The van der Waals surface area contributed by atoms with E-state index < -0.39 is 17.5 Å². The van der Waals surface area contributed by atoms with E-state index in [1.807, 2.05) is 6.92 Å². The minimum atomic E-state index is -0.976. The summed E-state index contributed by atoms with van der Waals surface area (Å²) in [6, 6.07) is 0. The molecule has 1 saturated carbocycles. The number of aliphatic carboxylic acids is 1. The van der Waals surface area contributed by atoms with Crippen molar-refractivity contribution in [2.75, 3.05) is 0 Å². The predicted molar refractivity (Wildman–Crippen MR) is 67.8 cm³/mol. The Kier molecular flexibility index (Phi) is 4.59. The molecule has 0 bridgehead atoms. The van der Waals surface area contributed by atoms with Gasteiger partial charge in [-0.15, -0.1) is 0 Å². The average Bonchev–Trinajstić information content (AvgIpc) is 2.23. The highest BCUT2D eigenvalue weighted by Crippen LogP contribution is 2.44. The normalized spacial score (nSPS) is 24.2. The van der Waals surface area contributed by atoms with Gasteiger partial charge in [-0.2, -0.15) is 0 Å². The molecular weight excluding hydrogens is 216 g/mol. The van der Waals surface area contributed by atoms with E-state index >= 15 is 0 Å². The lowest BCUT2D eigenvalue weighted by molar-refractivity contribution is -0.157. The van der Waals surface area contributed by atoms with Crippen molar-refractivity contribution in [2.24, 2.45) is 11.3 Å². The van der Waals surface area contributed by atoms with Crippen LogP contribution in [-0.2, 0) is 4.79 Å². The van der Waals surface area contributed by atoms with Crippen LogP contribution in [0.4, 0.5) is 0 Å². The van der Waals surface area contributed by atoms with Gasteiger partial charge in [-0.1, -0.05) is 33.6 Å². The van der Waals surface area contributed by atoms with Gasteiger partial charge in [0, 0.05) is 0 Å². The molecule has 1 rings (SSSR count). The molecule has 0 aromatic heterocycles. The summed E-state index contributed by atoms with van der Waals surface area (Å²) < 4.78 is 0. The summed E-state index contributed by atoms with van der Waals surface area (Å²) in [4.78, 5) is 11.3. The summed E-state index contributed by atoms with van der Waals surface area (Å²) in [6.45, 7) is 6.43. The van der Waals surface area contributed by atoms with E-state index in [2.05, 4.69) is 13.8 Å². The van der Waals surface area contributed by atoms with Crippen LogP contribution in [0.3, 0.4) is 0 Å². The van der Waals surface area contributed by atoms with Crippen LogP contribution in [0.2, 0.25) is 0 Å². The van der Waals surface area contributed by atoms with Crippen LogP contribution < -0.4 is 0 Å².